The van der Waals surface area contributed by atoms with Crippen molar-refractivity contribution in [1.29, 1.82) is 0 Å². The Hall–Kier alpha value is -1.12. The fourth-order valence-corrected chi connectivity index (χ4v) is 2.92. The highest BCUT2D eigenvalue weighted by atomic mass is 16.6. The van der Waals surface area contributed by atoms with Crippen molar-refractivity contribution in [2.45, 2.75) is 117 Å². The fourth-order valence-electron chi connectivity index (χ4n) is 2.92. The molecular formula is C22H40O3. The lowest BCUT2D eigenvalue weighted by Gasteiger charge is -2.03. The second-order valence-corrected chi connectivity index (χ2v) is 7.02. The van der Waals surface area contributed by atoms with Gasteiger partial charge in [-0.05, 0) is 0 Å². The second kappa shape index (κ2) is 19.2. The van der Waals surface area contributed by atoms with Gasteiger partial charge in [0.1, 0.15) is 0 Å². The summed E-state index contributed by atoms with van der Waals surface area (Å²) in [6, 6.07) is 0. The summed E-state index contributed by atoms with van der Waals surface area (Å²) in [5, 5.41) is 0. The van der Waals surface area contributed by atoms with Crippen LogP contribution in [0, 0.1) is 0 Å². The zero-order chi connectivity index (χ0) is 18.6. The minimum atomic E-state index is -0.579. The van der Waals surface area contributed by atoms with E-state index in [-0.39, 0.29) is 0 Å². The first-order valence-corrected chi connectivity index (χ1v) is 10.6. The molecule has 0 unspecified atom stereocenters. The van der Waals surface area contributed by atoms with Crippen LogP contribution in [0.5, 0.6) is 0 Å². The van der Waals surface area contributed by atoms with Crippen LogP contribution < -0.4 is 0 Å². The third-order valence-corrected chi connectivity index (χ3v) is 4.51. The molecular weight excluding hydrogens is 312 g/mol. The average Bonchev–Trinajstić information content (AvgIpc) is 2.99. The van der Waals surface area contributed by atoms with Gasteiger partial charge in [-0.1, -0.05) is 117 Å². The van der Waals surface area contributed by atoms with Gasteiger partial charge < -0.3 is 4.74 Å². The van der Waals surface area contributed by atoms with E-state index >= 15 is 0 Å². The number of rotatable bonds is 15. The molecule has 0 radical (unpaired) electrons. The number of carbonyl (C=O) groups is 2. The van der Waals surface area contributed by atoms with E-state index in [9.17, 15) is 9.59 Å². The summed E-state index contributed by atoms with van der Waals surface area (Å²) in [6.45, 7) is 4.59. The van der Waals surface area contributed by atoms with Gasteiger partial charge in [-0.15, -0.1) is 0 Å². The van der Waals surface area contributed by atoms with E-state index < -0.39 is 11.9 Å². The standard InChI is InChI=1S/C18H38.C4H2O3/c1-3-5-7-9-11-13-15-17-18-16-14-12-10-8-6-4-2;5-3-1-2-4(6)7-3/h3-18H2,1-2H3;1-2H. The molecule has 1 rings (SSSR count). The van der Waals surface area contributed by atoms with E-state index in [1.807, 2.05) is 0 Å². The van der Waals surface area contributed by atoms with Crippen LogP contribution in [-0.4, -0.2) is 11.9 Å². The van der Waals surface area contributed by atoms with Crippen LogP contribution in [0.2, 0.25) is 0 Å². The molecule has 25 heavy (non-hydrogen) atoms. The quantitative estimate of drug-likeness (QED) is 0.183. The van der Waals surface area contributed by atoms with Crippen molar-refractivity contribution in [2.75, 3.05) is 0 Å². The van der Waals surface area contributed by atoms with E-state index in [1.165, 1.54) is 103 Å². The van der Waals surface area contributed by atoms with Crippen LogP contribution in [0.3, 0.4) is 0 Å². The summed E-state index contributed by atoms with van der Waals surface area (Å²) < 4.78 is 3.97. The van der Waals surface area contributed by atoms with E-state index in [4.69, 9.17) is 0 Å². The van der Waals surface area contributed by atoms with Crippen molar-refractivity contribution in [1.82, 2.24) is 0 Å². The summed E-state index contributed by atoms with van der Waals surface area (Å²) in [5.74, 6) is -1.16. The normalized spacial score (nSPS) is 12.9. The van der Waals surface area contributed by atoms with E-state index in [0.717, 1.165) is 12.2 Å². The zero-order valence-electron chi connectivity index (χ0n) is 16.7. The van der Waals surface area contributed by atoms with Gasteiger partial charge in [0.15, 0.2) is 0 Å². The van der Waals surface area contributed by atoms with Crippen molar-refractivity contribution < 1.29 is 14.3 Å². The summed E-state index contributed by atoms with van der Waals surface area (Å²) in [5.41, 5.74) is 0. The first kappa shape index (κ1) is 23.9. The molecule has 1 heterocycles. The molecule has 0 saturated carbocycles. The lowest BCUT2D eigenvalue weighted by molar-refractivity contribution is -0.150. The van der Waals surface area contributed by atoms with Crippen LogP contribution in [0.4, 0.5) is 0 Å². The maximum absolute atomic E-state index is 9.92. The van der Waals surface area contributed by atoms with Crippen LogP contribution in [0.15, 0.2) is 12.2 Å². The molecule has 1 aliphatic rings. The van der Waals surface area contributed by atoms with Gasteiger partial charge in [0, 0.05) is 12.2 Å². The number of esters is 2. The van der Waals surface area contributed by atoms with Gasteiger partial charge in [-0.3, -0.25) is 0 Å². The van der Waals surface area contributed by atoms with Crippen LogP contribution in [0.25, 0.3) is 0 Å². The Bertz CT molecular complexity index is 315. The molecule has 0 spiro atoms. The summed E-state index contributed by atoms with van der Waals surface area (Å²) >= 11 is 0. The SMILES string of the molecule is CCCCCCCCCCCCCCCCCC.O=C1C=CC(=O)O1. The molecule has 0 N–H and O–H groups in total. The number of unbranched alkanes of at least 4 members (excludes halogenated alkanes) is 15. The maximum Gasteiger partial charge on any atom is 0.338 e. The first-order chi connectivity index (χ1) is 12.2. The molecule has 0 aliphatic carbocycles. The molecule has 0 aromatic carbocycles. The molecule has 0 aromatic rings. The molecule has 3 heteroatoms. The predicted molar refractivity (Wildman–Crippen MR) is 105 cm³/mol. The maximum atomic E-state index is 9.92. The second-order valence-electron chi connectivity index (χ2n) is 7.02. The number of ether oxygens (including phenoxy) is 1. The highest BCUT2D eigenvalue weighted by Crippen LogP contribution is 2.13. The Morgan fingerprint density at radius 1 is 0.520 bits per heavy atom. The molecule has 3 nitrogen and oxygen atoms in total. The highest BCUT2D eigenvalue weighted by molar-refractivity contribution is 6.04. The van der Waals surface area contributed by atoms with Crippen molar-refractivity contribution in [3.05, 3.63) is 12.2 Å². The van der Waals surface area contributed by atoms with Gasteiger partial charge >= 0.3 is 11.9 Å². The monoisotopic (exact) mass is 352 g/mol. The number of hydrogen-bond donors (Lipinski definition) is 0. The summed E-state index contributed by atoms with van der Waals surface area (Å²) in [6.07, 6.45) is 25.6. The third-order valence-electron chi connectivity index (χ3n) is 4.51. The molecule has 0 saturated heterocycles. The van der Waals surface area contributed by atoms with Gasteiger partial charge in [-0.2, -0.15) is 0 Å². The fraction of sp³-hybridized carbons (Fsp3) is 0.818. The van der Waals surface area contributed by atoms with E-state index in [0.29, 0.717) is 0 Å². The Kier molecular flexibility index (Phi) is 18.3. The zero-order valence-corrected chi connectivity index (χ0v) is 16.7. The van der Waals surface area contributed by atoms with Crippen molar-refractivity contribution in [3.63, 3.8) is 0 Å². The molecule has 1 aliphatic heterocycles. The molecule has 0 aromatic heterocycles. The molecule has 0 fully saturated rings. The van der Waals surface area contributed by atoms with Gasteiger partial charge in [0.05, 0.1) is 0 Å². The highest BCUT2D eigenvalue weighted by Gasteiger charge is 2.10. The Labute approximate surface area is 155 Å². The van der Waals surface area contributed by atoms with Crippen molar-refractivity contribution in [3.8, 4) is 0 Å². The van der Waals surface area contributed by atoms with Gasteiger partial charge in [0.25, 0.3) is 0 Å². The Morgan fingerprint density at radius 2 is 0.760 bits per heavy atom. The van der Waals surface area contributed by atoms with Gasteiger partial charge in [0.2, 0.25) is 0 Å². The first-order valence-electron chi connectivity index (χ1n) is 10.6. The average molecular weight is 353 g/mol. The third kappa shape index (κ3) is 19.1. The number of hydrogen-bond acceptors (Lipinski definition) is 3. The topological polar surface area (TPSA) is 43.4 Å². The van der Waals surface area contributed by atoms with Crippen LogP contribution >= 0.6 is 0 Å². The molecule has 0 bridgehead atoms. The van der Waals surface area contributed by atoms with Gasteiger partial charge in [-0.25, -0.2) is 9.59 Å². The smallest absolute Gasteiger partial charge is 0.338 e. The number of cyclic esters (lactones) is 2. The molecule has 0 atom stereocenters. The minimum Gasteiger partial charge on any atom is -0.387 e. The Balaban J connectivity index is 0.000000676. The minimum absolute atomic E-state index is 0.579. The lowest BCUT2D eigenvalue weighted by atomic mass is 10.0. The molecule has 0 amide bonds. The van der Waals surface area contributed by atoms with Crippen molar-refractivity contribution >= 4 is 11.9 Å². The van der Waals surface area contributed by atoms with Crippen molar-refractivity contribution in [2.24, 2.45) is 0 Å². The molecule has 146 valence electrons. The number of carbonyl (C=O) groups excluding carboxylic acids is 2. The lowest BCUT2D eigenvalue weighted by Crippen LogP contribution is -1.96. The predicted octanol–water partition coefficient (Wildman–Crippen LogP) is 6.89. The Morgan fingerprint density at radius 3 is 0.920 bits per heavy atom. The summed E-state index contributed by atoms with van der Waals surface area (Å²) in [4.78, 5) is 19.8. The van der Waals surface area contributed by atoms with E-state index in [1.54, 1.807) is 0 Å². The van der Waals surface area contributed by atoms with E-state index in [2.05, 4.69) is 18.6 Å². The van der Waals surface area contributed by atoms with Crippen LogP contribution in [0.1, 0.15) is 117 Å². The van der Waals surface area contributed by atoms with Crippen LogP contribution in [-0.2, 0) is 14.3 Å². The largest absolute Gasteiger partial charge is 0.387 e. The summed E-state index contributed by atoms with van der Waals surface area (Å²) in [7, 11) is 0.